The van der Waals surface area contributed by atoms with Crippen LogP contribution >= 0.6 is 0 Å². The number of rotatable bonds is 6. The van der Waals surface area contributed by atoms with Crippen molar-refractivity contribution in [2.75, 3.05) is 21.2 Å². The third-order valence-corrected chi connectivity index (χ3v) is 4.64. The highest BCUT2D eigenvalue weighted by Crippen LogP contribution is 2.13. The van der Waals surface area contributed by atoms with Crippen molar-refractivity contribution in [3.8, 4) is 11.6 Å². The van der Waals surface area contributed by atoms with Crippen LogP contribution in [0.25, 0.3) is 5.82 Å². The average Bonchev–Trinajstić information content (AvgIpc) is 3.07. The number of pyridine rings is 1. The molecule has 0 radical (unpaired) electrons. The predicted octanol–water partition coefficient (Wildman–Crippen LogP) is 3.10. The molecule has 0 amide bonds. The normalized spacial score (nSPS) is 11.4. The van der Waals surface area contributed by atoms with Gasteiger partial charge in [-0.15, -0.1) is 0 Å². The van der Waals surface area contributed by atoms with Crippen LogP contribution in [0.3, 0.4) is 0 Å². The van der Waals surface area contributed by atoms with Crippen LogP contribution in [0.5, 0.6) is 5.75 Å². The standard InChI is InChI=1S/C22H28N6O/c1-16-12-17(2)28(26-16)21-11-8-19(13-24-21)14-25-22(23-3)27(4)15-18-6-9-20(29-5)10-7-18/h6-13H,14-15H2,1-5H3,(H,23,25). The fraction of sp³-hybridized carbons (Fsp3) is 0.318. The van der Waals surface area contributed by atoms with E-state index >= 15 is 0 Å². The molecule has 0 spiro atoms. The van der Waals surface area contributed by atoms with Crippen molar-refractivity contribution in [2.24, 2.45) is 4.99 Å². The smallest absolute Gasteiger partial charge is 0.193 e. The largest absolute Gasteiger partial charge is 0.497 e. The molecule has 1 N–H and O–H groups in total. The van der Waals surface area contributed by atoms with E-state index in [1.54, 1.807) is 14.2 Å². The third-order valence-electron chi connectivity index (χ3n) is 4.64. The molecule has 0 saturated carbocycles. The number of guanidine groups is 1. The minimum atomic E-state index is 0.643. The summed E-state index contributed by atoms with van der Waals surface area (Å²) in [5, 5.41) is 7.87. The van der Waals surface area contributed by atoms with Crippen molar-refractivity contribution >= 4 is 5.96 Å². The fourth-order valence-corrected chi connectivity index (χ4v) is 3.15. The van der Waals surface area contributed by atoms with Crippen molar-refractivity contribution in [1.82, 2.24) is 25.0 Å². The lowest BCUT2D eigenvalue weighted by Crippen LogP contribution is -2.38. The number of aromatic nitrogens is 3. The molecule has 0 saturated heterocycles. The van der Waals surface area contributed by atoms with Gasteiger partial charge in [0.2, 0.25) is 0 Å². The Kier molecular flexibility index (Phi) is 6.49. The van der Waals surface area contributed by atoms with Crippen molar-refractivity contribution in [3.63, 3.8) is 0 Å². The number of methoxy groups -OCH3 is 1. The summed E-state index contributed by atoms with van der Waals surface area (Å²) in [7, 11) is 5.48. The van der Waals surface area contributed by atoms with E-state index in [1.165, 1.54) is 5.56 Å². The molecule has 2 aromatic heterocycles. The number of hydrogen-bond acceptors (Lipinski definition) is 4. The Morgan fingerprint density at radius 3 is 2.41 bits per heavy atom. The molecule has 7 heteroatoms. The van der Waals surface area contributed by atoms with E-state index < -0.39 is 0 Å². The zero-order valence-corrected chi connectivity index (χ0v) is 17.7. The molecule has 3 aromatic rings. The second-order valence-electron chi connectivity index (χ2n) is 6.97. The van der Waals surface area contributed by atoms with Gasteiger partial charge >= 0.3 is 0 Å². The van der Waals surface area contributed by atoms with Crippen molar-refractivity contribution in [2.45, 2.75) is 26.9 Å². The highest BCUT2D eigenvalue weighted by Gasteiger charge is 2.08. The molecular weight excluding hydrogens is 364 g/mol. The second kappa shape index (κ2) is 9.23. The highest BCUT2D eigenvalue weighted by molar-refractivity contribution is 5.79. The summed E-state index contributed by atoms with van der Waals surface area (Å²) in [5.41, 5.74) is 4.32. The van der Waals surface area contributed by atoms with Gasteiger partial charge in [-0.2, -0.15) is 5.10 Å². The second-order valence-corrected chi connectivity index (χ2v) is 6.97. The number of nitrogens with one attached hydrogen (secondary N) is 1. The lowest BCUT2D eigenvalue weighted by molar-refractivity contribution is 0.414. The Labute approximate surface area is 172 Å². The van der Waals surface area contributed by atoms with E-state index in [-0.39, 0.29) is 0 Å². The van der Waals surface area contributed by atoms with Crippen LogP contribution < -0.4 is 10.1 Å². The Hall–Kier alpha value is -3.35. The van der Waals surface area contributed by atoms with Gasteiger partial charge in [-0.3, -0.25) is 4.99 Å². The molecule has 29 heavy (non-hydrogen) atoms. The summed E-state index contributed by atoms with van der Waals surface area (Å²) < 4.78 is 7.07. The summed E-state index contributed by atoms with van der Waals surface area (Å²) in [6.07, 6.45) is 1.87. The van der Waals surface area contributed by atoms with Crippen molar-refractivity contribution in [1.29, 1.82) is 0 Å². The summed E-state index contributed by atoms with van der Waals surface area (Å²) in [6, 6.07) is 14.1. The maximum atomic E-state index is 5.21. The van der Waals surface area contributed by atoms with Crippen LogP contribution in [0.1, 0.15) is 22.5 Å². The van der Waals surface area contributed by atoms with Crippen molar-refractivity contribution < 1.29 is 4.74 Å². The topological polar surface area (TPSA) is 67.6 Å². The summed E-state index contributed by atoms with van der Waals surface area (Å²) in [5.74, 6) is 2.50. The van der Waals surface area contributed by atoms with Gasteiger partial charge in [-0.05, 0) is 49.2 Å². The molecule has 2 heterocycles. The van der Waals surface area contributed by atoms with Gasteiger partial charge < -0.3 is 15.0 Å². The first-order valence-corrected chi connectivity index (χ1v) is 9.53. The Balaban J connectivity index is 1.59. The number of aryl methyl sites for hydroxylation is 2. The van der Waals surface area contributed by atoms with Crippen LogP contribution in [0.2, 0.25) is 0 Å². The fourth-order valence-electron chi connectivity index (χ4n) is 3.15. The van der Waals surface area contributed by atoms with Gasteiger partial charge in [0.1, 0.15) is 5.75 Å². The first-order chi connectivity index (χ1) is 14.0. The van der Waals surface area contributed by atoms with Gasteiger partial charge in [0, 0.05) is 39.1 Å². The third kappa shape index (κ3) is 5.13. The number of benzene rings is 1. The van der Waals surface area contributed by atoms with Crippen LogP contribution in [-0.4, -0.2) is 46.8 Å². The molecule has 0 atom stereocenters. The monoisotopic (exact) mass is 392 g/mol. The first-order valence-electron chi connectivity index (χ1n) is 9.53. The molecule has 0 fully saturated rings. The van der Waals surface area contributed by atoms with Crippen LogP contribution in [-0.2, 0) is 13.1 Å². The molecule has 3 rings (SSSR count). The van der Waals surface area contributed by atoms with Crippen LogP contribution in [0, 0.1) is 13.8 Å². The number of hydrogen-bond donors (Lipinski definition) is 1. The lowest BCUT2D eigenvalue weighted by Gasteiger charge is -2.22. The predicted molar refractivity (Wildman–Crippen MR) is 115 cm³/mol. The molecule has 152 valence electrons. The minimum Gasteiger partial charge on any atom is -0.497 e. The summed E-state index contributed by atoms with van der Waals surface area (Å²) in [4.78, 5) is 11.0. The minimum absolute atomic E-state index is 0.643. The summed E-state index contributed by atoms with van der Waals surface area (Å²) in [6.45, 7) is 5.40. The van der Waals surface area contributed by atoms with Crippen molar-refractivity contribution in [3.05, 3.63) is 71.2 Å². The van der Waals surface area contributed by atoms with Gasteiger partial charge in [-0.1, -0.05) is 18.2 Å². The SMILES string of the molecule is CN=C(NCc1ccc(-n2nc(C)cc2C)nc1)N(C)Cc1ccc(OC)cc1. The molecule has 0 unspecified atom stereocenters. The molecule has 0 aliphatic carbocycles. The van der Waals surface area contributed by atoms with E-state index in [0.29, 0.717) is 6.54 Å². The van der Waals surface area contributed by atoms with Gasteiger partial charge in [-0.25, -0.2) is 9.67 Å². The van der Waals surface area contributed by atoms with Crippen LogP contribution in [0.15, 0.2) is 53.7 Å². The number of ether oxygens (including phenoxy) is 1. The quantitative estimate of drug-likeness (QED) is 0.516. The lowest BCUT2D eigenvalue weighted by atomic mass is 10.2. The molecule has 7 nitrogen and oxygen atoms in total. The van der Waals surface area contributed by atoms with E-state index in [4.69, 9.17) is 4.74 Å². The Bertz CT molecular complexity index is 960. The average molecular weight is 393 g/mol. The zero-order valence-electron chi connectivity index (χ0n) is 17.7. The highest BCUT2D eigenvalue weighted by atomic mass is 16.5. The van der Waals surface area contributed by atoms with Crippen LogP contribution in [0.4, 0.5) is 0 Å². The molecule has 0 aliphatic rings. The van der Waals surface area contributed by atoms with E-state index in [9.17, 15) is 0 Å². The summed E-state index contributed by atoms with van der Waals surface area (Å²) >= 11 is 0. The van der Waals surface area contributed by atoms with E-state index in [2.05, 4.69) is 43.5 Å². The molecule has 0 aliphatic heterocycles. The van der Waals surface area contributed by atoms with Gasteiger partial charge in [0.15, 0.2) is 11.8 Å². The maximum Gasteiger partial charge on any atom is 0.193 e. The first kappa shape index (κ1) is 20.4. The number of aliphatic imine (C=N–C) groups is 1. The molecule has 1 aromatic carbocycles. The Morgan fingerprint density at radius 1 is 1.14 bits per heavy atom. The number of nitrogens with zero attached hydrogens (tertiary/aromatic N) is 5. The Morgan fingerprint density at radius 2 is 1.86 bits per heavy atom. The molecular formula is C22H28N6O. The zero-order chi connectivity index (χ0) is 20.8. The molecule has 0 bridgehead atoms. The van der Waals surface area contributed by atoms with Gasteiger partial charge in [0.25, 0.3) is 0 Å². The maximum absolute atomic E-state index is 5.21. The van der Waals surface area contributed by atoms with E-state index in [0.717, 1.165) is 41.0 Å². The van der Waals surface area contributed by atoms with E-state index in [1.807, 2.05) is 56.0 Å². The van der Waals surface area contributed by atoms with Gasteiger partial charge in [0.05, 0.1) is 12.8 Å².